The third-order valence-corrected chi connectivity index (χ3v) is 4.56. The van der Waals surface area contributed by atoms with Gasteiger partial charge < -0.3 is 16.6 Å². The molecule has 0 radical (unpaired) electrons. The van der Waals surface area contributed by atoms with Crippen LogP contribution in [0.15, 0.2) is 54.6 Å². The van der Waals surface area contributed by atoms with Gasteiger partial charge in [-0.1, -0.05) is 30.3 Å². The average molecular weight is 354 g/mol. The molecule has 1 aliphatic rings. The molecule has 1 saturated heterocycles. The van der Waals surface area contributed by atoms with E-state index in [1.165, 1.54) is 0 Å². The van der Waals surface area contributed by atoms with Crippen molar-refractivity contribution in [2.45, 2.75) is 25.0 Å². The van der Waals surface area contributed by atoms with Crippen LogP contribution in [-0.2, 0) is 11.3 Å². The topological polar surface area (TPSA) is 113 Å². The number of anilines is 2. The molecular weight excluding hydrogens is 332 g/mol. The lowest BCUT2D eigenvalue weighted by atomic mass is 10.1. The van der Waals surface area contributed by atoms with Gasteiger partial charge in [-0.2, -0.15) is 0 Å². The van der Waals surface area contributed by atoms with Gasteiger partial charge >= 0.3 is 12.0 Å². The highest BCUT2D eigenvalue weighted by atomic mass is 16.4. The van der Waals surface area contributed by atoms with Crippen LogP contribution >= 0.6 is 0 Å². The second kappa shape index (κ2) is 7.55. The number of carboxylic acids is 1. The zero-order valence-electron chi connectivity index (χ0n) is 14.3. The molecule has 3 rings (SSSR count). The number of amides is 2. The normalized spacial score (nSPS) is 18.2. The summed E-state index contributed by atoms with van der Waals surface area (Å²) in [6.45, 7) is 0.792. The van der Waals surface area contributed by atoms with Gasteiger partial charge in [0, 0.05) is 24.5 Å². The van der Waals surface area contributed by atoms with Gasteiger partial charge in [0.1, 0.15) is 6.04 Å². The third kappa shape index (κ3) is 3.54. The third-order valence-electron chi connectivity index (χ3n) is 4.56. The lowest BCUT2D eigenvalue weighted by molar-refractivity contribution is -0.138. The number of nitrogens with zero attached hydrogens (tertiary/aromatic N) is 2. The number of hydrogen-bond donors (Lipinski definition) is 3. The first kappa shape index (κ1) is 17.9. The van der Waals surface area contributed by atoms with E-state index in [0.717, 1.165) is 11.3 Å². The molecule has 1 heterocycles. The largest absolute Gasteiger partial charge is 0.480 e. The van der Waals surface area contributed by atoms with E-state index in [1.54, 1.807) is 9.80 Å². The maximum absolute atomic E-state index is 13.1. The molecule has 2 aromatic rings. The SMILES string of the molecule is NCc1ccc(N2C(=O)N(c3ccccc3)CC2CC(N)C(=O)O)cc1. The van der Waals surface area contributed by atoms with Gasteiger partial charge in [-0.15, -0.1) is 0 Å². The van der Waals surface area contributed by atoms with Gasteiger partial charge in [-0.3, -0.25) is 14.6 Å². The summed E-state index contributed by atoms with van der Waals surface area (Å²) < 4.78 is 0. The number of carbonyl (C=O) groups is 2. The highest BCUT2D eigenvalue weighted by Crippen LogP contribution is 2.30. The number of benzene rings is 2. The summed E-state index contributed by atoms with van der Waals surface area (Å²) in [5.74, 6) is -1.07. The molecule has 5 N–H and O–H groups in total. The van der Waals surface area contributed by atoms with Crippen LogP contribution in [0.3, 0.4) is 0 Å². The van der Waals surface area contributed by atoms with Crippen molar-refractivity contribution in [1.82, 2.24) is 0 Å². The van der Waals surface area contributed by atoms with E-state index in [0.29, 0.717) is 18.8 Å². The second-order valence-electron chi connectivity index (χ2n) is 6.30. The van der Waals surface area contributed by atoms with Crippen molar-refractivity contribution in [3.8, 4) is 0 Å². The van der Waals surface area contributed by atoms with Crippen LogP contribution in [0.1, 0.15) is 12.0 Å². The van der Waals surface area contributed by atoms with Crippen molar-refractivity contribution in [3.05, 3.63) is 60.2 Å². The number of nitrogens with two attached hydrogens (primary N) is 2. The molecule has 0 spiro atoms. The fraction of sp³-hybridized carbons (Fsp3) is 0.263. The molecule has 136 valence electrons. The van der Waals surface area contributed by atoms with Crippen LogP contribution in [0.25, 0.3) is 0 Å². The smallest absolute Gasteiger partial charge is 0.329 e. The van der Waals surface area contributed by atoms with E-state index in [-0.39, 0.29) is 18.5 Å². The van der Waals surface area contributed by atoms with Crippen molar-refractivity contribution >= 4 is 23.4 Å². The number of carbonyl (C=O) groups excluding carboxylic acids is 1. The molecule has 1 fully saturated rings. The summed E-state index contributed by atoms with van der Waals surface area (Å²) in [7, 11) is 0. The summed E-state index contributed by atoms with van der Waals surface area (Å²) in [5, 5.41) is 9.16. The van der Waals surface area contributed by atoms with Crippen molar-refractivity contribution in [3.63, 3.8) is 0 Å². The fourth-order valence-corrected chi connectivity index (χ4v) is 3.17. The first-order valence-corrected chi connectivity index (χ1v) is 8.44. The molecule has 2 atom stereocenters. The van der Waals surface area contributed by atoms with Crippen LogP contribution < -0.4 is 21.3 Å². The summed E-state index contributed by atoms with van der Waals surface area (Å²) in [5.41, 5.74) is 13.8. The second-order valence-corrected chi connectivity index (χ2v) is 6.30. The van der Waals surface area contributed by atoms with E-state index in [9.17, 15) is 9.59 Å². The lowest BCUT2D eigenvalue weighted by Crippen LogP contribution is -2.41. The highest BCUT2D eigenvalue weighted by molar-refractivity contribution is 6.06. The zero-order valence-corrected chi connectivity index (χ0v) is 14.3. The monoisotopic (exact) mass is 354 g/mol. The van der Waals surface area contributed by atoms with Crippen molar-refractivity contribution < 1.29 is 14.7 Å². The van der Waals surface area contributed by atoms with Crippen LogP contribution in [0.2, 0.25) is 0 Å². The highest BCUT2D eigenvalue weighted by Gasteiger charge is 2.40. The number of hydrogen-bond acceptors (Lipinski definition) is 4. The van der Waals surface area contributed by atoms with Gasteiger partial charge in [0.15, 0.2) is 0 Å². The standard InChI is InChI=1S/C19H22N4O3/c20-11-13-6-8-15(9-7-13)23-16(10-17(21)18(24)25)12-22(19(23)26)14-4-2-1-3-5-14/h1-9,16-17H,10-12,20-21H2,(H,24,25). The molecule has 0 bridgehead atoms. The minimum absolute atomic E-state index is 0.170. The summed E-state index contributed by atoms with van der Waals surface area (Å²) in [6.07, 6.45) is 0.170. The minimum atomic E-state index is -1.07. The molecule has 0 aliphatic carbocycles. The van der Waals surface area contributed by atoms with Crippen LogP contribution in [0, 0.1) is 0 Å². The molecule has 1 aliphatic heterocycles. The predicted octanol–water partition coefficient (Wildman–Crippen LogP) is 1.76. The Labute approximate surface area is 151 Å². The first-order valence-electron chi connectivity index (χ1n) is 8.44. The maximum atomic E-state index is 13.1. The Balaban J connectivity index is 1.93. The van der Waals surface area contributed by atoms with Crippen LogP contribution in [-0.4, -0.2) is 35.7 Å². The lowest BCUT2D eigenvalue weighted by Gasteiger charge is -2.24. The molecule has 7 heteroatoms. The minimum Gasteiger partial charge on any atom is -0.480 e. The maximum Gasteiger partial charge on any atom is 0.329 e. The fourth-order valence-electron chi connectivity index (χ4n) is 3.17. The average Bonchev–Trinajstić information content (AvgIpc) is 2.98. The Morgan fingerprint density at radius 3 is 2.35 bits per heavy atom. The first-order chi connectivity index (χ1) is 12.5. The Bertz CT molecular complexity index is 779. The molecular formula is C19H22N4O3. The molecule has 0 saturated carbocycles. The van der Waals surface area contributed by atoms with Gasteiger partial charge in [0.05, 0.1) is 6.04 Å². The van der Waals surface area contributed by atoms with E-state index in [1.807, 2.05) is 54.6 Å². The van der Waals surface area contributed by atoms with E-state index in [4.69, 9.17) is 16.6 Å². The summed E-state index contributed by atoms with van der Waals surface area (Å²) >= 11 is 0. The van der Waals surface area contributed by atoms with E-state index >= 15 is 0 Å². The molecule has 0 aromatic heterocycles. The van der Waals surface area contributed by atoms with Crippen molar-refractivity contribution in [2.75, 3.05) is 16.3 Å². The van der Waals surface area contributed by atoms with Crippen molar-refractivity contribution in [2.24, 2.45) is 11.5 Å². The molecule has 2 aromatic carbocycles. The summed E-state index contributed by atoms with van der Waals surface area (Å²) in [6, 6.07) is 15.1. The van der Waals surface area contributed by atoms with Gasteiger partial charge in [0.2, 0.25) is 0 Å². The summed E-state index contributed by atoms with van der Waals surface area (Å²) in [4.78, 5) is 27.5. The van der Waals surface area contributed by atoms with Crippen LogP contribution in [0.4, 0.5) is 16.2 Å². The molecule has 26 heavy (non-hydrogen) atoms. The van der Waals surface area contributed by atoms with Gasteiger partial charge in [0.25, 0.3) is 0 Å². The number of para-hydroxylation sites is 1. The van der Waals surface area contributed by atoms with Crippen molar-refractivity contribution in [1.29, 1.82) is 0 Å². The molecule has 2 unspecified atom stereocenters. The predicted molar refractivity (Wildman–Crippen MR) is 100 cm³/mol. The molecule has 7 nitrogen and oxygen atoms in total. The number of aliphatic carboxylic acids is 1. The van der Waals surface area contributed by atoms with Gasteiger partial charge in [-0.25, -0.2) is 4.79 Å². The zero-order chi connectivity index (χ0) is 18.7. The number of carboxylic acid groups (broad SMARTS) is 1. The van der Waals surface area contributed by atoms with E-state index < -0.39 is 12.0 Å². The van der Waals surface area contributed by atoms with Gasteiger partial charge in [-0.05, 0) is 36.2 Å². The molecule has 2 amide bonds. The Morgan fingerprint density at radius 2 is 1.77 bits per heavy atom. The Hall–Kier alpha value is -2.90. The number of urea groups is 1. The Kier molecular flexibility index (Phi) is 5.20. The number of rotatable bonds is 6. The van der Waals surface area contributed by atoms with E-state index in [2.05, 4.69) is 0 Å². The Morgan fingerprint density at radius 1 is 1.12 bits per heavy atom. The van der Waals surface area contributed by atoms with Crippen LogP contribution in [0.5, 0.6) is 0 Å². The quantitative estimate of drug-likeness (QED) is 0.732.